The van der Waals surface area contributed by atoms with E-state index in [0.717, 1.165) is 0 Å². The molecule has 17 heavy (non-hydrogen) atoms. The highest BCUT2D eigenvalue weighted by Crippen LogP contribution is 2.24. The van der Waals surface area contributed by atoms with Gasteiger partial charge in [-0.25, -0.2) is 0 Å². The molecule has 0 saturated heterocycles. The first-order valence-electron chi connectivity index (χ1n) is 5.58. The second-order valence-electron chi connectivity index (χ2n) is 4.53. The zero-order chi connectivity index (χ0) is 13.6. The summed E-state index contributed by atoms with van der Waals surface area (Å²) in [5.41, 5.74) is 10.5. The molecule has 0 spiro atoms. The van der Waals surface area contributed by atoms with Crippen LogP contribution in [-0.4, -0.2) is 23.9 Å². The normalized spacial score (nSPS) is 14.1. The molecule has 0 bridgehead atoms. The van der Waals surface area contributed by atoms with Gasteiger partial charge in [-0.3, -0.25) is 9.59 Å². The third kappa shape index (κ3) is 5.63. The number of rotatable bonds is 7. The van der Waals surface area contributed by atoms with Crippen molar-refractivity contribution in [3.8, 4) is 0 Å². The maximum absolute atomic E-state index is 11.4. The summed E-state index contributed by atoms with van der Waals surface area (Å²) in [4.78, 5) is 22.9. The van der Waals surface area contributed by atoms with E-state index in [1.807, 2.05) is 13.8 Å². The summed E-state index contributed by atoms with van der Waals surface area (Å²) in [5, 5.41) is 2.85. The molecule has 0 aromatic heterocycles. The van der Waals surface area contributed by atoms with Crippen molar-refractivity contribution < 1.29 is 9.59 Å². The van der Waals surface area contributed by atoms with Crippen molar-refractivity contribution in [1.82, 2.24) is 5.32 Å². The molecule has 0 saturated carbocycles. The highest BCUT2D eigenvalue weighted by molar-refractivity contribution is 7.80. The van der Waals surface area contributed by atoms with Crippen LogP contribution in [0.1, 0.15) is 26.7 Å². The predicted molar refractivity (Wildman–Crippen MR) is 71.1 cm³/mol. The smallest absolute Gasteiger partial charge is 0.221 e. The van der Waals surface area contributed by atoms with E-state index in [-0.39, 0.29) is 12.3 Å². The fourth-order valence-electron chi connectivity index (χ4n) is 1.81. The van der Waals surface area contributed by atoms with Crippen LogP contribution in [0.25, 0.3) is 0 Å². The van der Waals surface area contributed by atoms with E-state index < -0.39 is 17.7 Å². The zero-order valence-corrected chi connectivity index (χ0v) is 11.3. The van der Waals surface area contributed by atoms with E-state index in [4.69, 9.17) is 23.7 Å². The monoisotopic (exact) mass is 259 g/mol. The summed E-state index contributed by atoms with van der Waals surface area (Å²) in [6.07, 6.45) is 0.634. The van der Waals surface area contributed by atoms with E-state index >= 15 is 0 Å². The van der Waals surface area contributed by atoms with Crippen molar-refractivity contribution in [2.75, 3.05) is 7.05 Å². The van der Waals surface area contributed by atoms with Crippen LogP contribution in [0, 0.1) is 17.8 Å². The van der Waals surface area contributed by atoms with Gasteiger partial charge in [0.2, 0.25) is 11.8 Å². The minimum atomic E-state index is -0.630. The van der Waals surface area contributed by atoms with E-state index in [0.29, 0.717) is 17.3 Å². The maximum Gasteiger partial charge on any atom is 0.221 e. The van der Waals surface area contributed by atoms with Gasteiger partial charge in [-0.15, -0.1) is 0 Å². The Hall–Kier alpha value is -1.17. The van der Waals surface area contributed by atoms with Crippen molar-refractivity contribution in [2.24, 2.45) is 29.2 Å². The Morgan fingerprint density at radius 2 is 1.76 bits per heavy atom. The highest BCUT2D eigenvalue weighted by Gasteiger charge is 2.31. The molecule has 5 N–H and O–H groups in total. The van der Waals surface area contributed by atoms with Gasteiger partial charge in [-0.2, -0.15) is 0 Å². The Kier molecular flexibility index (Phi) is 6.72. The number of carbonyl (C=O) groups excluding carboxylic acids is 2. The first-order chi connectivity index (χ1) is 7.79. The lowest BCUT2D eigenvalue weighted by Gasteiger charge is -2.26. The predicted octanol–water partition coefficient (Wildman–Crippen LogP) is 0.172. The van der Waals surface area contributed by atoms with Gasteiger partial charge in [0.1, 0.15) is 0 Å². The van der Waals surface area contributed by atoms with E-state index in [1.165, 1.54) is 0 Å². The van der Waals surface area contributed by atoms with Gasteiger partial charge in [0.05, 0.1) is 10.9 Å². The molecule has 0 fully saturated rings. The van der Waals surface area contributed by atoms with Gasteiger partial charge in [-0.1, -0.05) is 26.1 Å². The molecule has 0 aliphatic carbocycles. The second-order valence-corrected chi connectivity index (χ2v) is 4.97. The van der Waals surface area contributed by atoms with Crippen molar-refractivity contribution in [3.05, 3.63) is 0 Å². The van der Waals surface area contributed by atoms with Crippen molar-refractivity contribution in [2.45, 2.75) is 26.7 Å². The average Bonchev–Trinajstić information content (AvgIpc) is 2.21. The minimum Gasteiger partial charge on any atom is -0.382 e. The third-order valence-corrected chi connectivity index (χ3v) is 3.09. The molecule has 2 amide bonds. The lowest BCUT2D eigenvalue weighted by Crippen LogP contribution is -2.40. The fraction of sp³-hybridized carbons (Fsp3) is 0.727. The van der Waals surface area contributed by atoms with Crippen LogP contribution in [0.3, 0.4) is 0 Å². The molecule has 6 heteroatoms. The molecular formula is C11H21N3O2S. The quantitative estimate of drug-likeness (QED) is 0.568. The van der Waals surface area contributed by atoms with Crippen molar-refractivity contribution in [3.63, 3.8) is 0 Å². The van der Waals surface area contributed by atoms with Crippen LogP contribution in [0.2, 0.25) is 0 Å². The zero-order valence-electron chi connectivity index (χ0n) is 10.5. The molecular weight excluding hydrogens is 238 g/mol. The number of nitrogens with two attached hydrogens (primary N) is 2. The molecule has 0 aromatic carbocycles. The summed E-state index contributed by atoms with van der Waals surface area (Å²) in [7, 11) is 1.69. The average molecular weight is 259 g/mol. The molecule has 2 atom stereocenters. The third-order valence-electron chi connectivity index (χ3n) is 2.58. The molecule has 0 aromatic rings. The standard InChI is InChI=1S/C11H21N3O2S/c1-6(2)4-8(11(17)14-3)7(10(13)16)5-9(12)15/h6-8H,4-5H2,1-3H3,(H2,12,15)(H2,13,16)(H,14,17). The van der Waals surface area contributed by atoms with E-state index in [1.54, 1.807) is 7.05 Å². The van der Waals surface area contributed by atoms with Crippen molar-refractivity contribution >= 4 is 29.0 Å². The first-order valence-corrected chi connectivity index (χ1v) is 5.99. The number of nitrogens with one attached hydrogen (secondary N) is 1. The Labute approximate surface area is 107 Å². The van der Waals surface area contributed by atoms with Crippen molar-refractivity contribution in [1.29, 1.82) is 0 Å². The topological polar surface area (TPSA) is 98.2 Å². The SMILES string of the molecule is CNC(=S)C(CC(C)C)C(CC(N)=O)C(N)=O. The Balaban J connectivity index is 4.99. The molecule has 0 rings (SSSR count). The van der Waals surface area contributed by atoms with Crippen LogP contribution >= 0.6 is 12.2 Å². The second kappa shape index (κ2) is 7.21. The highest BCUT2D eigenvalue weighted by atomic mass is 32.1. The number of carbonyl (C=O) groups is 2. The maximum atomic E-state index is 11.4. The van der Waals surface area contributed by atoms with Crippen LogP contribution in [0.4, 0.5) is 0 Å². The summed E-state index contributed by atoms with van der Waals surface area (Å²) in [6, 6.07) is 0. The summed E-state index contributed by atoms with van der Waals surface area (Å²) in [5.74, 6) is -1.59. The summed E-state index contributed by atoms with van der Waals surface area (Å²) in [6.45, 7) is 4.04. The van der Waals surface area contributed by atoms with Gasteiger partial charge in [0.25, 0.3) is 0 Å². The Morgan fingerprint density at radius 3 is 2.06 bits per heavy atom. The molecule has 0 aliphatic heterocycles. The fourth-order valence-corrected chi connectivity index (χ4v) is 2.07. The van der Waals surface area contributed by atoms with Gasteiger partial charge in [0.15, 0.2) is 0 Å². The summed E-state index contributed by atoms with van der Waals surface area (Å²) >= 11 is 5.17. The van der Waals surface area contributed by atoms with Crippen LogP contribution in [-0.2, 0) is 9.59 Å². The number of hydrogen-bond donors (Lipinski definition) is 3. The number of thiocarbonyl (C=S) groups is 1. The Morgan fingerprint density at radius 1 is 1.24 bits per heavy atom. The molecule has 0 radical (unpaired) electrons. The first kappa shape index (κ1) is 15.8. The Bertz CT molecular complexity index is 305. The van der Waals surface area contributed by atoms with Crippen LogP contribution < -0.4 is 16.8 Å². The largest absolute Gasteiger partial charge is 0.382 e. The molecule has 2 unspecified atom stereocenters. The number of amides is 2. The lowest BCUT2D eigenvalue weighted by atomic mass is 9.82. The van der Waals surface area contributed by atoms with Gasteiger partial charge >= 0.3 is 0 Å². The van der Waals surface area contributed by atoms with Gasteiger partial charge in [0, 0.05) is 19.4 Å². The molecule has 0 heterocycles. The summed E-state index contributed by atoms with van der Waals surface area (Å²) < 4.78 is 0. The van der Waals surface area contributed by atoms with Gasteiger partial charge in [-0.05, 0) is 12.3 Å². The van der Waals surface area contributed by atoms with Crippen LogP contribution in [0.5, 0.6) is 0 Å². The van der Waals surface area contributed by atoms with Gasteiger partial charge < -0.3 is 16.8 Å². The number of primary amides is 2. The minimum absolute atomic E-state index is 0.0610. The number of hydrogen-bond acceptors (Lipinski definition) is 3. The lowest BCUT2D eigenvalue weighted by molar-refractivity contribution is -0.128. The van der Waals surface area contributed by atoms with Crippen LogP contribution in [0.15, 0.2) is 0 Å². The molecule has 0 aliphatic rings. The van der Waals surface area contributed by atoms with E-state index in [2.05, 4.69) is 5.32 Å². The molecule has 5 nitrogen and oxygen atoms in total. The molecule has 98 valence electrons. The van der Waals surface area contributed by atoms with E-state index in [9.17, 15) is 9.59 Å².